The van der Waals surface area contributed by atoms with E-state index in [0.717, 1.165) is 0 Å². The number of aryl methyl sites for hydroxylation is 1. The van der Waals surface area contributed by atoms with E-state index < -0.39 is 11.1 Å². The van der Waals surface area contributed by atoms with Crippen LogP contribution in [0.4, 0.5) is 10.5 Å². The smallest absolute Gasteiger partial charge is 0.449 e. The Morgan fingerprint density at radius 2 is 2.25 bits per heavy atom. The van der Waals surface area contributed by atoms with E-state index in [2.05, 4.69) is 4.74 Å². The lowest BCUT2D eigenvalue weighted by Crippen LogP contribution is -2.07. The molecule has 0 bridgehead atoms. The summed E-state index contributed by atoms with van der Waals surface area (Å²) in [6.45, 7) is 0. The van der Waals surface area contributed by atoms with Crippen LogP contribution in [0, 0.1) is 10.1 Å². The average molecular weight is 246 g/mol. The highest BCUT2D eigenvalue weighted by Crippen LogP contribution is 2.31. The highest BCUT2D eigenvalue weighted by atomic mass is 35.5. The maximum Gasteiger partial charge on any atom is 0.511 e. The van der Waals surface area contributed by atoms with Crippen molar-refractivity contribution in [3.05, 3.63) is 33.9 Å². The number of hydrogen-bond donors (Lipinski definition) is 1. The second-order valence-electron chi connectivity index (χ2n) is 2.83. The lowest BCUT2D eigenvalue weighted by molar-refractivity contribution is -0.386. The SMILES string of the molecule is O=C(O)Oc1cccc(CCCl)c1[N+](=O)[O-]. The van der Waals surface area contributed by atoms with Crippen molar-refractivity contribution in [3.8, 4) is 5.75 Å². The third-order valence-corrected chi connectivity index (χ3v) is 2.02. The standard InChI is InChI=1S/C9H8ClNO5/c10-5-4-6-2-1-3-7(16-9(12)13)8(6)11(14)15/h1-3H,4-5H2,(H,12,13). The number of halogens is 1. The molecular formula is C9H8ClNO5. The summed E-state index contributed by atoms with van der Waals surface area (Å²) in [5, 5.41) is 19.2. The number of nitrogens with zero attached hydrogens (tertiary/aromatic N) is 1. The van der Waals surface area contributed by atoms with Gasteiger partial charge in [0.1, 0.15) is 0 Å². The molecule has 7 heteroatoms. The average Bonchev–Trinajstić information content (AvgIpc) is 2.16. The number of rotatable bonds is 4. The zero-order valence-electron chi connectivity index (χ0n) is 8.05. The van der Waals surface area contributed by atoms with Crippen LogP contribution in [-0.2, 0) is 6.42 Å². The van der Waals surface area contributed by atoms with Crippen LogP contribution in [0.25, 0.3) is 0 Å². The Hall–Kier alpha value is -1.82. The van der Waals surface area contributed by atoms with Gasteiger partial charge in [0.2, 0.25) is 5.75 Å². The molecule has 0 heterocycles. The Morgan fingerprint density at radius 3 is 2.75 bits per heavy atom. The normalized spacial score (nSPS) is 9.81. The van der Waals surface area contributed by atoms with Crippen LogP contribution in [0.1, 0.15) is 5.56 Å². The first-order valence-corrected chi connectivity index (χ1v) is 4.82. The number of carboxylic acid groups (broad SMARTS) is 1. The van der Waals surface area contributed by atoms with Crippen molar-refractivity contribution in [3.63, 3.8) is 0 Å². The summed E-state index contributed by atoms with van der Waals surface area (Å²) in [5.74, 6) is -0.0858. The minimum atomic E-state index is -1.59. The fourth-order valence-electron chi connectivity index (χ4n) is 1.25. The molecule has 1 aromatic carbocycles. The first-order valence-electron chi connectivity index (χ1n) is 4.29. The van der Waals surface area contributed by atoms with Gasteiger partial charge in [-0.05, 0) is 12.5 Å². The van der Waals surface area contributed by atoms with Gasteiger partial charge in [-0.1, -0.05) is 12.1 Å². The van der Waals surface area contributed by atoms with Gasteiger partial charge in [0.25, 0.3) is 0 Å². The van der Waals surface area contributed by atoms with E-state index in [0.29, 0.717) is 5.56 Å². The summed E-state index contributed by atoms with van der Waals surface area (Å²) in [5.41, 5.74) is -0.00991. The molecule has 1 rings (SSSR count). The van der Waals surface area contributed by atoms with E-state index >= 15 is 0 Å². The van der Waals surface area contributed by atoms with Crippen molar-refractivity contribution in [1.29, 1.82) is 0 Å². The summed E-state index contributed by atoms with van der Waals surface area (Å²) in [6.07, 6.45) is -1.32. The lowest BCUT2D eigenvalue weighted by atomic mass is 10.1. The first-order chi connectivity index (χ1) is 7.56. The molecule has 16 heavy (non-hydrogen) atoms. The van der Waals surface area contributed by atoms with Gasteiger partial charge >= 0.3 is 11.8 Å². The summed E-state index contributed by atoms with van der Waals surface area (Å²) >= 11 is 5.49. The molecule has 0 amide bonds. The topological polar surface area (TPSA) is 89.7 Å². The molecule has 0 aromatic heterocycles. The van der Waals surface area contributed by atoms with Crippen molar-refractivity contribution in [2.24, 2.45) is 0 Å². The van der Waals surface area contributed by atoms with Gasteiger partial charge < -0.3 is 9.84 Å². The van der Waals surface area contributed by atoms with E-state index in [9.17, 15) is 14.9 Å². The Kier molecular flexibility index (Phi) is 4.07. The number of hydrogen-bond acceptors (Lipinski definition) is 4. The summed E-state index contributed by atoms with van der Waals surface area (Å²) in [4.78, 5) is 20.4. The van der Waals surface area contributed by atoms with Crippen LogP contribution < -0.4 is 4.74 Å². The molecule has 86 valence electrons. The monoisotopic (exact) mass is 245 g/mol. The number of benzene rings is 1. The number of ether oxygens (including phenoxy) is 1. The molecule has 0 aliphatic rings. The summed E-state index contributed by atoms with van der Waals surface area (Å²) in [6, 6.07) is 4.21. The highest BCUT2D eigenvalue weighted by molar-refractivity contribution is 6.18. The first kappa shape index (κ1) is 12.3. The Morgan fingerprint density at radius 1 is 1.56 bits per heavy atom. The summed E-state index contributed by atoms with van der Waals surface area (Å²) in [7, 11) is 0. The molecule has 0 atom stereocenters. The maximum absolute atomic E-state index is 10.8. The van der Waals surface area contributed by atoms with Gasteiger partial charge in [-0.2, -0.15) is 0 Å². The van der Waals surface area contributed by atoms with Crippen molar-refractivity contribution < 1.29 is 19.6 Å². The largest absolute Gasteiger partial charge is 0.511 e. The number of nitro benzene ring substituents is 1. The van der Waals surface area contributed by atoms with Crippen LogP contribution in [0.5, 0.6) is 5.75 Å². The number of alkyl halides is 1. The molecular weight excluding hydrogens is 238 g/mol. The van der Waals surface area contributed by atoms with Crippen LogP contribution >= 0.6 is 11.6 Å². The zero-order valence-corrected chi connectivity index (χ0v) is 8.81. The van der Waals surface area contributed by atoms with Gasteiger partial charge in [0, 0.05) is 11.4 Å². The van der Waals surface area contributed by atoms with Gasteiger partial charge in [0.15, 0.2) is 0 Å². The van der Waals surface area contributed by atoms with Crippen LogP contribution in [0.15, 0.2) is 18.2 Å². The zero-order chi connectivity index (χ0) is 12.1. The van der Waals surface area contributed by atoms with Crippen molar-refractivity contribution >= 4 is 23.4 Å². The van der Waals surface area contributed by atoms with Gasteiger partial charge in [-0.15, -0.1) is 11.6 Å². The third kappa shape index (κ3) is 2.83. The molecule has 0 saturated carbocycles. The lowest BCUT2D eigenvalue weighted by Gasteiger charge is -2.05. The summed E-state index contributed by atoms with van der Waals surface area (Å²) < 4.78 is 4.33. The van der Waals surface area contributed by atoms with Crippen LogP contribution in [-0.4, -0.2) is 22.1 Å². The molecule has 1 N–H and O–H groups in total. The predicted molar refractivity (Wildman–Crippen MR) is 56.2 cm³/mol. The highest BCUT2D eigenvalue weighted by Gasteiger charge is 2.22. The van der Waals surface area contributed by atoms with Crippen molar-refractivity contribution in [2.75, 3.05) is 5.88 Å². The maximum atomic E-state index is 10.8. The predicted octanol–water partition coefficient (Wildman–Crippen LogP) is 2.43. The van der Waals surface area contributed by atoms with Gasteiger partial charge in [0.05, 0.1) is 4.92 Å². The molecule has 0 fully saturated rings. The van der Waals surface area contributed by atoms with E-state index in [1.165, 1.54) is 18.2 Å². The number of nitro groups is 1. The van der Waals surface area contributed by atoms with E-state index in [1.807, 2.05) is 0 Å². The molecule has 0 aliphatic heterocycles. The van der Waals surface area contributed by atoms with Crippen molar-refractivity contribution in [1.82, 2.24) is 0 Å². The molecule has 6 nitrogen and oxygen atoms in total. The van der Waals surface area contributed by atoms with Crippen molar-refractivity contribution in [2.45, 2.75) is 6.42 Å². The van der Waals surface area contributed by atoms with E-state index in [1.54, 1.807) is 0 Å². The minimum absolute atomic E-state index is 0.206. The molecule has 0 spiro atoms. The fraction of sp³-hybridized carbons (Fsp3) is 0.222. The molecule has 0 saturated heterocycles. The molecule has 0 unspecified atom stereocenters. The quantitative estimate of drug-likeness (QED) is 0.289. The molecule has 0 radical (unpaired) electrons. The Labute approximate surface area is 95.6 Å². The van der Waals surface area contributed by atoms with Gasteiger partial charge in [-0.3, -0.25) is 10.1 Å². The van der Waals surface area contributed by atoms with Crippen LogP contribution in [0.2, 0.25) is 0 Å². The van der Waals surface area contributed by atoms with E-state index in [-0.39, 0.29) is 23.7 Å². The number of para-hydroxylation sites is 1. The second kappa shape index (κ2) is 5.32. The minimum Gasteiger partial charge on any atom is -0.449 e. The third-order valence-electron chi connectivity index (χ3n) is 1.83. The second-order valence-corrected chi connectivity index (χ2v) is 3.21. The fourth-order valence-corrected chi connectivity index (χ4v) is 1.46. The van der Waals surface area contributed by atoms with Crippen LogP contribution in [0.3, 0.4) is 0 Å². The van der Waals surface area contributed by atoms with E-state index in [4.69, 9.17) is 16.7 Å². The Bertz CT molecular complexity index is 420. The molecule has 1 aromatic rings. The number of carbonyl (C=O) groups is 1. The Balaban J connectivity index is 3.21. The molecule has 0 aliphatic carbocycles. The van der Waals surface area contributed by atoms with Gasteiger partial charge in [-0.25, -0.2) is 4.79 Å².